The smallest absolute Gasteiger partial charge is 0.354 e. The van der Waals surface area contributed by atoms with Crippen LogP contribution in [0, 0.1) is 0 Å². The number of hydrogen-bond acceptors (Lipinski definition) is 14. The number of nitrogen functional groups attached to an aromatic ring is 1. The Bertz CT molecular complexity index is 2070. The number of rotatable bonds is 10. The van der Waals surface area contributed by atoms with E-state index in [0.717, 1.165) is 21.7 Å². The summed E-state index contributed by atoms with van der Waals surface area (Å²) >= 11 is 0. The summed E-state index contributed by atoms with van der Waals surface area (Å²) in [6.07, 6.45) is 0. The molecular weight excluding hydrogens is 654 g/mol. The van der Waals surface area contributed by atoms with Gasteiger partial charge in [-0.25, -0.2) is 14.6 Å². The van der Waals surface area contributed by atoms with Crippen LogP contribution < -0.4 is 38.7 Å². The van der Waals surface area contributed by atoms with E-state index in [-0.39, 0.29) is 40.6 Å². The Kier molecular flexibility index (Phi) is 11.5. The fourth-order valence-corrected chi connectivity index (χ4v) is 4.23. The molecule has 2 aromatic heterocycles. The number of nitrogens with zero attached hydrogens (tertiary/aromatic N) is 4. The largest absolute Gasteiger partial charge is 0.489 e. The van der Waals surface area contributed by atoms with Gasteiger partial charge in [0, 0.05) is 19.2 Å². The standard InChI is InChI=1S/C17H14N6O7.C12H13N3O2.ClH/c1-30-17(29)8-4-2-7(3-5-8)11(12(18)24)20-14(25)9-6-10(16(27)28)23-13(19-9)15(26)21-22-23;13-5-7-2-1-3-8(4-7)6-15-10-9(14)11(16)12(10)17;/h2-6,11,26H,1H3,(H2,18,24)(H,20,25)(H,27,28);1-4,15H,5-6,13-14H2;1H/t11-;;/m1../s1. The first-order valence-electron chi connectivity index (χ1n) is 13.4. The Morgan fingerprint density at radius 1 is 1.02 bits per heavy atom. The van der Waals surface area contributed by atoms with Crippen LogP contribution in [0.3, 0.4) is 0 Å². The van der Waals surface area contributed by atoms with E-state index >= 15 is 0 Å². The highest BCUT2D eigenvalue weighted by molar-refractivity contribution is 5.98. The molecule has 0 fully saturated rings. The average Bonchev–Trinajstić information content (AvgIpc) is 3.46. The van der Waals surface area contributed by atoms with E-state index in [1.807, 2.05) is 24.3 Å². The molecule has 1 atom stereocenters. The van der Waals surface area contributed by atoms with Gasteiger partial charge in [-0.1, -0.05) is 46.7 Å². The van der Waals surface area contributed by atoms with E-state index in [0.29, 0.717) is 13.1 Å². The second-order valence-corrected chi connectivity index (χ2v) is 9.73. The van der Waals surface area contributed by atoms with Gasteiger partial charge in [0.15, 0.2) is 5.69 Å². The first kappa shape index (κ1) is 36.1. The highest BCUT2D eigenvalue weighted by atomic mass is 35.5. The van der Waals surface area contributed by atoms with Gasteiger partial charge in [0.2, 0.25) is 11.6 Å². The normalized spacial score (nSPS) is 11.0. The third-order valence-corrected chi connectivity index (χ3v) is 6.68. The van der Waals surface area contributed by atoms with Crippen molar-refractivity contribution in [1.82, 2.24) is 25.1 Å². The Morgan fingerprint density at radius 3 is 2.27 bits per heavy atom. The summed E-state index contributed by atoms with van der Waals surface area (Å²) in [4.78, 5) is 73.3. The highest BCUT2D eigenvalue weighted by Gasteiger charge is 2.25. The molecular formula is C29H28ClN9O9. The number of aromatic hydroxyl groups is 1. The van der Waals surface area contributed by atoms with E-state index in [9.17, 15) is 39.0 Å². The number of carboxylic acids is 1. The van der Waals surface area contributed by atoms with Crippen molar-refractivity contribution in [2.75, 3.05) is 18.2 Å². The number of halogens is 1. The number of benzene rings is 2. The summed E-state index contributed by atoms with van der Waals surface area (Å²) in [5.74, 6) is -4.58. The van der Waals surface area contributed by atoms with Crippen LogP contribution in [0.25, 0.3) is 5.65 Å². The van der Waals surface area contributed by atoms with E-state index in [4.69, 9.17) is 17.2 Å². The second-order valence-electron chi connectivity index (χ2n) is 9.73. The van der Waals surface area contributed by atoms with Crippen molar-refractivity contribution < 1.29 is 34.1 Å². The van der Waals surface area contributed by atoms with Crippen LogP contribution in [-0.4, -0.2) is 60.9 Å². The molecule has 2 amide bonds. The molecule has 19 heteroatoms. The number of ether oxygens (including phenoxy) is 1. The molecule has 0 aliphatic rings. The molecule has 5 rings (SSSR count). The van der Waals surface area contributed by atoms with Crippen molar-refractivity contribution in [3.63, 3.8) is 0 Å². The van der Waals surface area contributed by atoms with E-state index in [2.05, 4.69) is 30.7 Å². The molecule has 0 saturated carbocycles. The quantitative estimate of drug-likeness (QED) is 0.0730. The predicted octanol–water partition coefficient (Wildman–Crippen LogP) is -0.371. The molecule has 0 unspecified atom stereocenters. The SMILES string of the molecule is COC(=O)c1ccc([C@@H](NC(=O)c2cc(C(=O)O)n3nnc(O)c3n2)C(N)=O)cc1.Cl.NCc1cccc(CNc2c(N)c(=O)c2=O)c1. The zero-order chi connectivity index (χ0) is 34.4. The maximum Gasteiger partial charge on any atom is 0.354 e. The number of primary amides is 1. The molecule has 48 heavy (non-hydrogen) atoms. The molecule has 5 aromatic rings. The molecule has 0 bridgehead atoms. The Morgan fingerprint density at radius 2 is 1.69 bits per heavy atom. The average molecular weight is 682 g/mol. The fraction of sp³-hybridized carbons (Fsp3) is 0.138. The van der Waals surface area contributed by atoms with E-state index in [1.54, 1.807) is 0 Å². The number of carboxylic acid groups (broad SMARTS) is 1. The minimum atomic E-state index is -1.45. The summed E-state index contributed by atoms with van der Waals surface area (Å²) < 4.78 is 5.33. The topological polar surface area (TPSA) is 297 Å². The third-order valence-electron chi connectivity index (χ3n) is 6.68. The van der Waals surface area contributed by atoms with Gasteiger partial charge in [0.25, 0.3) is 22.6 Å². The molecule has 0 aliphatic heterocycles. The zero-order valence-electron chi connectivity index (χ0n) is 24.9. The summed E-state index contributed by atoms with van der Waals surface area (Å²) in [6.45, 7) is 0.916. The Hall–Kier alpha value is -6.40. The lowest BCUT2D eigenvalue weighted by Gasteiger charge is -2.16. The highest BCUT2D eigenvalue weighted by Crippen LogP contribution is 2.18. The Labute approximate surface area is 275 Å². The number of aromatic nitrogens is 4. The van der Waals surface area contributed by atoms with Gasteiger partial charge < -0.3 is 42.8 Å². The van der Waals surface area contributed by atoms with Crippen molar-refractivity contribution in [1.29, 1.82) is 0 Å². The predicted molar refractivity (Wildman–Crippen MR) is 171 cm³/mol. The fourth-order valence-electron chi connectivity index (χ4n) is 4.23. The van der Waals surface area contributed by atoms with Gasteiger partial charge in [-0.2, -0.15) is 4.52 Å². The van der Waals surface area contributed by atoms with E-state index in [1.165, 1.54) is 31.4 Å². The van der Waals surface area contributed by atoms with Crippen LogP contribution in [0.4, 0.5) is 11.4 Å². The number of esters is 1. The van der Waals surface area contributed by atoms with Crippen molar-refractivity contribution in [2.45, 2.75) is 19.1 Å². The van der Waals surface area contributed by atoms with Gasteiger partial charge in [0.1, 0.15) is 23.1 Å². The minimum Gasteiger partial charge on any atom is -0.489 e. The third kappa shape index (κ3) is 7.69. The van der Waals surface area contributed by atoms with Crippen LogP contribution in [0.1, 0.15) is 54.1 Å². The van der Waals surface area contributed by atoms with Crippen molar-refractivity contribution in [3.8, 4) is 5.88 Å². The number of fused-ring (bicyclic) bond motifs is 1. The number of nitrogens with two attached hydrogens (primary N) is 3. The lowest BCUT2D eigenvalue weighted by Crippen LogP contribution is -2.38. The number of carbonyl (C=O) groups excluding carboxylic acids is 3. The monoisotopic (exact) mass is 681 g/mol. The van der Waals surface area contributed by atoms with Gasteiger partial charge in [-0.15, -0.1) is 12.4 Å². The van der Waals surface area contributed by atoms with Crippen LogP contribution in [-0.2, 0) is 22.6 Å². The number of nitrogens with one attached hydrogen (secondary N) is 2. The number of carbonyl (C=O) groups is 4. The van der Waals surface area contributed by atoms with Crippen LogP contribution in [0.15, 0.2) is 64.2 Å². The lowest BCUT2D eigenvalue weighted by atomic mass is 10.0. The van der Waals surface area contributed by atoms with Gasteiger partial charge in [-0.05, 0) is 28.8 Å². The first-order valence-corrected chi connectivity index (χ1v) is 13.4. The summed E-state index contributed by atoms with van der Waals surface area (Å²) in [7, 11) is 1.21. The number of hydrogen-bond donors (Lipinski definition) is 7. The molecule has 0 saturated heterocycles. The molecule has 0 spiro atoms. The minimum absolute atomic E-state index is 0. The number of aromatic carboxylic acids is 1. The Balaban J connectivity index is 0.000000295. The molecule has 2 heterocycles. The van der Waals surface area contributed by atoms with Crippen molar-refractivity contribution in [2.24, 2.45) is 11.5 Å². The molecule has 18 nitrogen and oxygen atoms in total. The summed E-state index contributed by atoms with van der Waals surface area (Å²) in [5.41, 5.74) is 16.6. The number of anilines is 2. The number of methoxy groups -OCH3 is 1. The van der Waals surface area contributed by atoms with Crippen LogP contribution >= 0.6 is 12.4 Å². The van der Waals surface area contributed by atoms with Gasteiger partial charge in [-0.3, -0.25) is 19.2 Å². The lowest BCUT2D eigenvalue weighted by molar-refractivity contribution is -0.120. The van der Waals surface area contributed by atoms with Crippen molar-refractivity contribution >= 4 is 53.2 Å². The van der Waals surface area contributed by atoms with Crippen LogP contribution in [0.5, 0.6) is 5.88 Å². The first-order chi connectivity index (χ1) is 22.4. The summed E-state index contributed by atoms with van der Waals surface area (Å²) in [5, 5.41) is 30.9. The van der Waals surface area contributed by atoms with Gasteiger partial charge in [0.05, 0.1) is 12.7 Å². The molecule has 0 aliphatic carbocycles. The zero-order valence-corrected chi connectivity index (χ0v) is 25.7. The molecule has 3 aromatic carbocycles. The summed E-state index contributed by atoms with van der Waals surface area (Å²) in [6, 6.07) is 12.8. The molecule has 250 valence electrons. The van der Waals surface area contributed by atoms with Gasteiger partial charge >= 0.3 is 11.9 Å². The maximum atomic E-state index is 12.6. The number of amides is 2. The van der Waals surface area contributed by atoms with Crippen molar-refractivity contribution in [3.05, 3.63) is 109 Å². The van der Waals surface area contributed by atoms with E-state index < -0.39 is 57.9 Å². The molecule has 0 radical (unpaired) electrons. The second kappa shape index (κ2) is 15.3. The van der Waals surface area contributed by atoms with Crippen LogP contribution in [0.2, 0.25) is 0 Å². The molecule has 10 N–H and O–H groups in total. The maximum absolute atomic E-state index is 12.6.